The molecule has 2 N–H and O–H groups in total. The van der Waals surface area contributed by atoms with Crippen LogP contribution < -0.4 is 5.73 Å². The highest BCUT2D eigenvalue weighted by atomic mass is 16.5. The number of likely N-dealkylation sites (tertiary alicyclic amines) is 1. The van der Waals surface area contributed by atoms with Crippen LogP contribution in [0, 0.1) is 11.3 Å². The van der Waals surface area contributed by atoms with Crippen molar-refractivity contribution < 1.29 is 4.74 Å². The number of hydrogen-bond donors (Lipinski definition) is 1. The maximum atomic E-state index is 8.93. The summed E-state index contributed by atoms with van der Waals surface area (Å²) in [5.74, 6) is 0.315. The molecule has 0 radical (unpaired) electrons. The Kier molecular flexibility index (Phi) is 4.32. The van der Waals surface area contributed by atoms with E-state index in [1.807, 2.05) is 18.2 Å². The van der Waals surface area contributed by atoms with Crippen molar-refractivity contribution in [1.29, 1.82) is 5.26 Å². The molecule has 0 spiro atoms. The summed E-state index contributed by atoms with van der Waals surface area (Å²) in [7, 11) is 1.71. The minimum Gasteiger partial charge on any atom is -0.383 e. The van der Waals surface area contributed by atoms with Gasteiger partial charge in [-0.15, -0.1) is 0 Å². The minimum atomic E-state index is 0.135. The molecule has 1 heterocycles. The predicted molar refractivity (Wildman–Crippen MR) is 70.2 cm³/mol. The third-order valence-electron chi connectivity index (χ3n) is 3.50. The van der Waals surface area contributed by atoms with Crippen LogP contribution >= 0.6 is 0 Å². The number of methoxy groups -OCH3 is 1. The zero-order valence-electron chi connectivity index (χ0n) is 10.7. The maximum absolute atomic E-state index is 8.93. The van der Waals surface area contributed by atoms with Crippen molar-refractivity contribution in [1.82, 2.24) is 4.90 Å². The number of nitrogens with two attached hydrogens (primary N) is 1. The van der Waals surface area contributed by atoms with Gasteiger partial charge in [0.1, 0.15) is 0 Å². The van der Waals surface area contributed by atoms with E-state index in [0.29, 0.717) is 11.5 Å². The number of benzene rings is 1. The lowest BCUT2D eigenvalue weighted by atomic mass is 9.94. The number of nitrogens with zero attached hydrogens (tertiary/aromatic N) is 2. The highest BCUT2D eigenvalue weighted by molar-refractivity contribution is 5.35. The molecule has 2 rings (SSSR count). The standard InChI is InChI=1S/C14H19N3O/c1-18-6-5-17-9-13(14(16)10-17)12-4-2-3-11(7-12)8-15/h2-4,7,13-14H,5-6,9-10,16H2,1H3. The van der Waals surface area contributed by atoms with Gasteiger partial charge in [0.15, 0.2) is 0 Å². The van der Waals surface area contributed by atoms with Crippen LogP contribution in [-0.2, 0) is 4.74 Å². The summed E-state index contributed by atoms with van der Waals surface area (Å²) in [4.78, 5) is 2.32. The Bertz CT molecular complexity index is 441. The molecule has 0 bridgehead atoms. The van der Waals surface area contributed by atoms with E-state index in [4.69, 9.17) is 15.7 Å². The molecule has 4 nitrogen and oxygen atoms in total. The molecule has 1 saturated heterocycles. The van der Waals surface area contributed by atoms with Crippen LogP contribution in [0.4, 0.5) is 0 Å². The molecule has 1 fully saturated rings. The van der Waals surface area contributed by atoms with Gasteiger partial charge in [-0.3, -0.25) is 4.90 Å². The lowest BCUT2D eigenvalue weighted by molar-refractivity contribution is 0.160. The first-order valence-corrected chi connectivity index (χ1v) is 6.21. The van der Waals surface area contributed by atoms with Crippen molar-refractivity contribution in [3.8, 4) is 6.07 Å². The molecule has 0 saturated carbocycles. The van der Waals surface area contributed by atoms with Gasteiger partial charge in [0, 0.05) is 38.7 Å². The van der Waals surface area contributed by atoms with Gasteiger partial charge in [-0.25, -0.2) is 0 Å². The molecule has 0 aromatic heterocycles. The van der Waals surface area contributed by atoms with E-state index in [-0.39, 0.29) is 6.04 Å². The molecule has 2 atom stereocenters. The molecule has 96 valence electrons. The summed E-state index contributed by atoms with van der Waals surface area (Å²) in [5.41, 5.74) is 8.07. The van der Waals surface area contributed by atoms with Crippen LogP contribution in [0.3, 0.4) is 0 Å². The van der Waals surface area contributed by atoms with Crippen LogP contribution in [0.1, 0.15) is 17.0 Å². The molecule has 1 aliphatic rings. The quantitative estimate of drug-likeness (QED) is 0.857. The van der Waals surface area contributed by atoms with Crippen LogP contribution in [0.2, 0.25) is 0 Å². The summed E-state index contributed by atoms with van der Waals surface area (Å²) >= 11 is 0. The van der Waals surface area contributed by atoms with Gasteiger partial charge < -0.3 is 10.5 Å². The van der Waals surface area contributed by atoms with Gasteiger partial charge in [0.05, 0.1) is 18.2 Å². The zero-order chi connectivity index (χ0) is 13.0. The van der Waals surface area contributed by atoms with Crippen molar-refractivity contribution in [3.63, 3.8) is 0 Å². The lowest BCUT2D eigenvalue weighted by Crippen LogP contribution is -2.30. The molecular formula is C14H19N3O. The summed E-state index contributed by atoms with van der Waals surface area (Å²) in [6, 6.07) is 10.1. The first-order valence-electron chi connectivity index (χ1n) is 6.21. The Morgan fingerprint density at radius 1 is 1.50 bits per heavy atom. The molecule has 0 amide bonds. The molecule has 1 aromatic carbocycles. The Morgan fingerprint density at radius 2 is 2.33 bits per heavy atom. The molecule has 2 unspecified atom stereocenters. The first-order chi connectivity index (χ1) is 8.74. The molecule has 0 aliphatic carbocycles. The fourth-order valence-electron chi connectivity index (χ4n) is 2.51. The van der Waals surface area contributed by atoms with Crippen molar-refractivity contribution in [2.75, 3.05) is 33.4 Å². The van der Waals surface area contributed by atoms with Gasteiger partial charge in [0.25, 0.3) is 0 Å². The summed E-state index contributed by atoms with van der Waals surface area (Å²) < 4.78 is 5.09. The number of rotatable bonds is 4. The second-order valence-corrected chi connectivity index (χ2v) is 4.76. The number of ether oxygens (including phenoxy) is 1. The normalized spacial score (nSPS) is 24.1. The lowest BCUT2D eigenvalue weighted by Gasteiger charge is -2.15. The smallest absolute Gasteiger partial charge is 0.0991 e. The molecule has 1 aliphatic heterocycles. The third-order valence-corrected chi connectivity index (χ3v) is 3.50. The van der Waals surface area contributed by atoms with E-state index in [2.05, 4.69) is 17.0 Å². The second kappa shape index (κ2) is 5.96. The highest BCUT2D eigenvalue weighted by Gasteiger charge is 2.30. The Hall–Kier alpha value is -1.41. The predicted octanol–water partition coefficient (Wildman–Crippen LogP) is 0.931. The van der Waals surface area contributed by atoms with Crippen LogP contribution in [0.15, 0.2) is 24.3 Å². The number of nitriles is 1. The van der Waals surface area contributed by atoms with Crippen molar-refractivity contribution in [3.05, 3.63) is 35.4 Å². The van der Waals surface area contributed by atoms with E-state index in [1.165, 1.54) is 5.56 Å². The monoisotopic (exact) mass is 245 g/mol. The molecule has 4 heteroatoms. The van der Waals surface area contributed by atoms with Gasteiger partial charge in [-0.2, -0.15) is 5.26 Å². The maximum Gasteiger partial charge on any atom is 0.0991 e. The van der Waals surface area contributed by atoms with Gasteiger partial charge in [-0.05, 0) is 17.7 Å². The van der Waals surface area contributed by atoms with Crippen molar-refractivity contribution in [2.24, 2.45) is 5.73 Å². The van der Waals surface area contributed by atoms with Crippen molar-refractivity contribution >= 4 is 0 Å². The zero-order valence-corrected chi connectivity index (χ0v) is 10.7. The summed E-state index contributed by atoms with van der Waals surface area (Å²) in [6.07, 6.45) is 0. The second-order valence-electron chi connectivity index (χ2n) is 4.76. The van der Waals surface area contributed by atoms with E-state index < -0.39 is 0 Å². The van der Waals surface area contributed by atoms with Gasteiger partial charge in [0.2, 0.25) is 0 Å². The molecule has 18 heavy (non-hydrogen) atoms. The van der Waals surface area contributed by atoms with E-state index >= 15 is 0 Å². The van der Waals surface area contributed by atoms with Crippen LogP contribution in [-0.4, -0.2) is 44.3 Å². The van der Waals surface area contributed by atoms with Crippen molar-refractivity contribution in [2.45, 2.75) is 12.0 Å². The SMILES string of the molecule is COCCN1CC(N)C(c2cccc(C#N)c2)C1. The largest absolute Gasteiger partial charge is 0.383 e. The Labute approximate surface area is 108 Å². The van der Waals surface area contributed by atoms with Gasteiger partial charge in [-0.1, -0.05) is 12.1 Å². The minimum absolute atomic E-state index is 0.135. The first kappa shape index (κ1) is 13.0. The summed E-state index contributed by atoms with van der Waals surface area (Å²) in [5, 5.41) is 8.93. The summed E-state index contributed by atoms with van der Waals surface area (Å²) in [6.45, 7) is 3.49. The average Bonchev–Trinajstić information content (AvgIpc) is 2.77. The average molecular weight is 245 g/mol. The van der Waals surface area contributed by atoms with E-state index in [9.17, 15) is 0 Å². The topological polar surface area (TPSA) is 62.3 Å². The fourth-order valence-corrected chi connectivity index (χ4v) is 2.51. The molecule has 1 aromatic rings. The van der Waals surface area contributed by atoms with Crippen LogP contribution in [0.5, 0.6) is 0 Å². The van der Waals surface area contributed by atoms with Crippen LogP contribution in [0.25, 0.3) is 0 Å². The Balaban J connectivity index is 2.07. The third kappa shape index (κ3) is 2.88. The fraction of sp³-hybridized carbons (Fsp3) is 0.500. The number of hydrogen-bond acceptors (Lipinski definition) is 4. The molecular weight excluding hydrogens is 226 g/mol. The highest BCUT2D eigenvalue weighted by Crippen LogP contribution is 2.26. The van der Waals surface area contributed by atoms with Gasteiger partial charge >= 0.3 is 0 Å². The van der Waals surface area contributed by atoms with E-state index in [0.717, 1.165) is 26.2 Å². The van der Waals surface area contributed by atoms with E-state index in [1.54, 1.807) is 7.11 Å². The Morgan fingerprint density at radius 3 is 3.06 bits per heavy atom.